The molecule has 2 aromatic rings. The van der Waals surface area contributed by atoms with Crippen LogP contribution in [0.2, 0.25) is 0 Å². The molecule has 22 heavy (non-hydrogen) atoms. The predicted octanol–water partition coefficient (Wildman–Crippen LogP) is 1.26. The summed E-state index contributed by atoms with van der Waals surface area (Å²) in [7, 11) is 0. The molecule has 0 bridgehead atoms. The van der Waals surface area contributed by atoms with Crippen molar-refractivity contribution in [3.05, 3.63) is 27.1 Å². The second-order valence-electron chi connectivity index (χ2n) is 5.33. The third kappa shape index (κ3) is 2.91. The first kappa shape index (κ1) is 15.2. The molecule has 2 heterocycles. The maximum atomic E-state index is 12.6. The fourth-order valence-corrected chi connectivity index (χ4v) is 4.00. The Morgan fingerprint density at radius 1 is 1.41 bits per heavy atom. The standard InChI is InChI=1S/C15H18N2O4S/c18-7-8-21-12(19)5-6-17-9-16-14-13(15(17)20)10-3-1-2-4-11(10)22-14/h9,18H,1-8H2. The lowest BCUT2D eigenvalue weighted by Gasteiger charge is -2.10. The molecule has 1 N–H and O–H groups in total. The number of aliphatic hydroxyl groups excluding tert-OH is 1. The Hall–Kier alpha value is -1.73. The highest BCUT2D eigenvalue weighted by Gasteiger charge is 2.20. The Labute approximate surface area is 131 Å². The fourth-order valence-electron chi connectivity index (χ4n) is 2.78. The summed E-state index contributed by atoms with van der Waals surface area (Å²) in [5.74, 6) is -0.423. The van der Waals surface area contributed by atoms with Crippen LogP contribution < -0.4 is 5.56 Å². The molecule has 0 spiro atoms. The normalized spacial score (nSPS) is 14.0. The molecule has 0 aliphatic heterocycles. The van der Waals surface area contributed by atoms with E-state index in [-0.39, 0.29) is 31.7 Å². The van der Waals surface area contributed by atoms with Gasteiger partial charge in [-0.15, -0.1) is 11.3 Å². The highest BCUT2D eigenvalue weighted by atomic mass is 32.1. The average molecular weight is 322 g/mol. The van der Waals surface area contributed by atoms with Crippen molar-refractivity contribution in [1.82, 2.24) is 9.55 Å². The van der Waals surface area contributed by atoms with Crippen molar-refractivity contribution in [1.29, 1.82) is 0 Å². The summed E-state index contributed by atoms with van der Waals surface area (Å²) in [6.45, 7) is 0.0416. The molecule has 1 aliphatic carbocycles. The molecule has 2 aromatic heterocycles. The van der Waals surface area contributed by atoms with Crippen molar-refractivity contribution in [3.63, 3.8) is 0 Å². The molecule has 0 fully saturated rings. The van der Waals surface area contributed by atoms with Crippen molar-refractivity contribution in [2.75, 3.05) is 13.2 Å². The summed E-state index contributed by atoms with van der Waals surface area (Å²) in [6.07, 6.45) is 5.86. The van der Waals surface area contributed by atoms with Gasteiger partial charge in [-0.25, -0.2) is 4.98 Å². The number of ether oxygens (including phenoxy) is 1. The van der Waals surface area contributed by atoms with Gasteiger partial charge >= 0.3 is 5.97 Å². The summed E-state index contributed by atoms with van der Waals surface area (Å²) in [4.78, 5) is 30.6. The minimum atomic E-state index is -0.423. The van der Waals surface area contributed by atoms with Crippen LogP contribution in [0.5, 0.6) is 0 Å². The number of fused-ring (bicyclic) bond motifs is 3. The number of thiophene rings is 1. The van der Waals surface area contributed by atoms with E-state index >= 15 is 0 Å². The van der Waals surface area contributed by atoms with Crippen molar-refractivity contribution < 1.29 is 14.6 Å². The van der Waals surface area contributed by atoms with Gasteiger partial charge in [0, 0.05) is 11.4 Å². The minimum Gasteiger partial charge on any atom is -0.463 e. The molecule has 7 heteroatoms. The number of aromatic nitrogens is 2. The first-order valence-electron chi connectivity index (χ1n) is 7.47. The number of hydrogen-bond donors (Lipinski definition) is 1. The van der Waals surface area contributed by atoms with Crippen molar-refractivity contribution in [2.24, 2.45) is 0 Å². The fraction of sp³-hybridized carbons (Fsp3) is 0.533. The van der Waals surface area contributed by atoms with Crippen LogP contribution in [0.3, 0.4) is 0 Å². The van der Waals surface area contributed by atoms with E-state index in [9.17, 15) is 9.59 Å². The predicted molar refractivity (Wildman–Crippen MR) is 83.2 cm³/mol. The molecular weight excluding hydrogens is 304 g/mol. The largest absolute Gasteiger partial charge is 0.463 e. The van der Waals surface area contributed by atoms with Crippen LogP contribution >= 0.6 is 11.3 Å². The first-order valence-corrected chi connectivity index (χ1v) is 8.28. The maximum absolute atomic E-state index is 12.6. The number of rotatable bonds is 5. The first-order chi connectivity index (χ1) is 10.7. The minimum absolute atomic E-state index is 0.0109. The average Bonchev–Trinajstić information content (AvgIpc) is 2.91. The molecule has 118 valence electrons. The molecule has 0 amide bonds. The lowest BCUT2D eigenvalue weighted by molar-refractivity contribution is -0.144. The third-order valence-corrected chi connectivity index (χ3v) is 5.05. The molecule has 0 atom stereocenters. The van der Waals surface area contributed by atoms with E-state index < -0.39 is 5.97 Å². The van der Waals surface area contributed by atoms with E-state index in [1.807, 2.05) is 0 Å². The highest BCUT2D eigenvalue weighted by Crippen LogP contribution is 2.33. The number of hydrogen-bond acceptors (Lipinski definition) is 6. The van der Waals surface area contributed by atoms with E-state index in [1.165, 1.54) is 22.2 Å². The summed E-state index contributed by atoms with van der Waals surface area (Å²) in [6, 6.07) is 0. The third-order valence-electron chi connectivity index (χ3n) is 3.85. The zero-order valence-electron chi connectivity index (χ0n) is 12.2. The van der Waals surface area contributed by atoms with Gasteiger partial charge in [-0.1, -0.05) is 0 Å². The van der Waals surface area contributed by atoms with Crippen molar-refractivity contribution in [3.8, 4) is 0 Å². The summed E-state index contributed by atoms with van der Waals surface area (Å²) in [5, 5.41) is 9.34. The smallest absolute Gasteiger partial charge is 0.307 e. The maximum Gasteiger partial charge on any atom is 0.307 e. The van der Waals surface area contributed by atoms with E-state index in [4.69, 9.17) is 9.84 Å². The number of esters is 1. The van der Waals surface area contributed by atoms with E-state index in [2.05, 4.69) is 4.98 Å². The van der Waals surface area contributed by atoms with Gasteiger partial charge < -0.3 is 9.84 Å². The Kier molecular flexibility index (Phi) is 4.54. The van der Waals surface area contributed by atoms with Crippen LogP contribution in [0, 0.1) is 0 Å². The SMILES string of the molecule is O=C(CCn1cnc2sc3c(c2c1=O)CCCC3)OCCO. The molecule has 0 radical (unpaired) electrons. The van der Waals surface area contributed by atoms with Gasteiger partial charge in [-0.3, -0.25) is 14.2 Å². The number of aliphatic hydroxyl groups is 1. The van der Waals surface area contributed by atoms with E-state index in [0.29, 0.717) is 0 Å². The van der Waals surface area contributed by atoms with Crippen LogP contribution in [-0.4, -0.2) is 33.8 Å². The molecule has 0 saturated carbocycles. The number of carbonyl (C=O) groups is 1. The van der Waals surface area contributed by atoms with Crippen LogP contribution in [0.1, 0.15) is 29.7 Å². The molecular formula is C15H18N2O4S. The highest BCUT2D eigenvalue weighted by molar-refractivity contribution is 7.18. The summed E-state index contributed by atoms with van der Waals surface area (Å²) >= 11 is 1.61. The Balaban J connectivity index is 1.84. The second kappa shape index (κ2) is 6.58. The van der Waals surface area contributed by atoms with Gasteiger partial charge in [0.25, 0.3) is 5.56 Å². The Morgan fingerprint density at radius 3 is 3.05 bits per heavy atom. The summed E-state index contributed by atoms with van der Waals surface area (Å²) in [5.41, 5.74) is 1.08. The Morgan fingerprint density at radius 2 is 2.23 bits per heavy atom. The number of nitrogens with zero attached hydrogens (tertiary/aromatic N) is 2. The van der Waals surface area contributed by atoms with E-state index in [1.54, 1.807) is 11.3 Å². The van der Waals surface area contributed by atoms with Gasteiger partial charge in [0.1, 0.15) is 11.4 Å². The zero-order valence-corrected chi connectivity index (χ0v) is 13.0. The molecule has 0 aromatic carbocycles. The molecule has 3 rings (SSSR count). The monoisotopic (exact) mass is 322 g/mol. The number of aryl methyl sites for hydroxylation is 3. The van der Waals surface area contributed by atoms with Crippen LogP contribution in [0.25, 0.3) is 10.2 Å². The van der Waals surface area contributed by atoms with Crippen LogP contribution in [0.15, 0.2) is 11.1 Å². The van der Waals surface area contributed by atoms with Crippen molar-refractivity contribution >= 4 is 27.5 Å². The van der Waals surface area contributed by atoms with Crippen molar-refractivity contribution in [2.45, 2.75) is 38.6 Å². The Bertz CT molecular complexity index is 750. The molecule has 1 aliphatic rings. The lowest BCUT2D eigenvalue weighted by atomic mass is 9.97. The van der Waals surface area contributed by atoms with E-state index in [0.717, 1.165) is 35.0 Å². The van der Waals surface area contributed by atoms with Gasteiger partial charge in [-0.05, 0) is 31.2 Å². The number of carbonyl (C=O) groups excluding carboxylic acids is 1. The zero-order chi connectivity index (χ0) is 15.5. The van der Waals surface area contributed by atoms with Gasteiger partial charge in [0.05, 0.1) is 24.7 Å². The van der Waals surface area contributed by atoms with Crippen LogP contribution in [-0.2, 0) is 28.9 Å². The molecule has 0 unspecified atom stereocenters. The van der Waals surface area contributed by atoms with Gasteiger partial charge in [0.15, 0.2) is 0 Å². The van der Waals surface area contributed by atoms with Gasteiger partial charge in [-0.2, -0.15) is 0 Å². The molecule has 0 saturated heterocycles. The summed E-state index contributed by atoms with van der Waals surface area (Å²) < 4.78 is 6.27. The molecule has 6 nitrogen and oxygen atoms in total. The van der Waals surface area contributed by atoms with Gasteiger partial charge in [0.2, 0.25) is 0 Å². The second-order valence-corrected chi connectivity index (χ2v) is 6.41. The lowest BCUT2D eigenvalue weighted by Crippen LogP contribution is -2.23. The quantitative estimate of drug-likeness (QED) is 0.838. The topological polar surface area (TPSA) is 81.4 Å². The van der Waals surface area contributed by atoms with Crippen LogP contribution in [0.4, 0.5) is 0 Å².